The Bertz CT molecular complexity index is 1420. The minimum Gasteiger partial charge on any atom is -0.330 e. The van der Waals surface area contributed by atoms with Crippen molar-refractivity contribution in [1.82, 2.24) is 19.7 Å². The number of pyridine rings is 1. The van der Waals surface area contributed by atoms with Crippen LogP contribution in [-0.4, -0.2) is 38.0 Å². The van der Waals surface area contributed by atoms with E-state index in [1.54, 1.807) is 29.0 Å². The number of fused-ring (bicyclic) bond motifs is 4. The molecule has 7 nitrogen and oxygen atoms in total. The molecule has 37 heavy (non-hydrogen) atoms. The smallest absolute Gasteiger partial charge is 0.247 e. The molecule has 1 N–H and O–H groups in total. The van der Waals surface area contributed by atoms with Gasteiger partial charge in [-0.1, -0.05) is 24.9 Å². The van der Waals surface area contributed by atoms with Crippen molar-refractivity contribution < 1.29 is 18.4 Å². The van der Waals surface area contributed by atoms with Crippen molar-refractivity contribution in [2.45, 2.75) is 38.6 Å². The van der Waals surface area contributed by atoms with Crippen LogP contribution in [0.3, 0.4) is 0 Å². The van der Waals surface area contributed by atoms with E-state index in [2.05, 4.69) is 15.4 Å². The number of carbonyl (C=O) groups excluding carboxylic acids is 2. The van der Waals surface area contributed by atoms with E-state index < -0.39 is 11.6 Å². The van der Waals surface area contributed by atoms with Crippen molar-refractivity contribution in [2.24, 2.45) is 13.0 Å². The van der Waals surface area contributed by atoms with E-state index in [9.17, 15) is 18.4 Å². The SMILES string of the molecule is C[C@@H]1CCC[C@H](N2CCC(c3c(F)ccc(Cl)c3F)=CC2=O)c2cc(ccn2)-c2nn(C)cc2NC1=O. The van der Waals surface area contributed by atoms with Gasteiger partial charge in [0.25, 0.3) is 0 Å². The molecular weight excluding hydrogens is 500 g/mol. The van der Waals surface area contributed by atoms with E-state index in [0.29, 0.717) is 36.3 Å². The zero-order valence-corrected chi connectivity index (χ0v) is 21.2. The molecule has 0 saturated carbocycles. The molecule has 1 aromatic carbocycles. The van der Waals surface area contributed by atoms with Gasteiger partial charge in [-0.25, -0.2) is 8.78 Å². The van der Waals surface area contributed by atoms with Crippen LogP contribution in [0, 0.1) is 17.6 Å². The van der Waals surface area contributed by atoms with Crippen LogP contribution in [-0.2, 0) is 16.6 Å². The largest absolute Gasteiger partial charge is 0.330 e. The zero-order chi connectivity index (χ0) is 26.3. The van der Waals surface area contributed by atoms with Gasteiger partial charge in [-0.15, -0.1) is 0 Å². The highest BCUT2D eigenvalue weighted by Gasteiger charge is 2.31. The summed E-state index contributed by atoms with van der Waals surface area (Å²) in [4.78, 5) is 32.4. The molecule has 0 fully saturated rings. The Hall–Kier alpha value is -3.59. The summed E-state index contributed by atoms with van der Waals surface area (Å²) in [6, 6.07) is 5.58. The molecular formula is C27H26ClF2N5O2. The van der Waals surface area contributed by atoms with E-state index in [1.807, 2.05) is 19.1 Å². The van der Waals surface area contributed by atoms with E-state index in [0.717, 1.165) is 17.7 Å². The number of rotatable bonds is 2. The average molecular weight is 526 g/mol. The van der Waals surface area contributed by atoms with Crippen molar-refractivity contribution in [1.29, 1.82) is 0 Å². The molecule has 5 rings (SSSR count). The van der Waals surface area contributed by atoms with E-state index in [1.165, 1.54) is 6.08 Å². The predicted molar refractivity (Wildman–Crippen MR) is 136 cm³/mol. The molecule has 2 aliphatic rings. The number of aryl methyl sites for hydroxylation is 1. The van der Waals surface area contributed by atoms with Gasteiger partial charge in [0.1, 0.15) is 11.5 Å². The second-order valence-electron chi connectivity index (χ2n) is 9.54. The standard InChI is InChI=1S/C27H26ClF2N5O2/c1-15-4-3-5-22(20-12-17(8-10-31-20)26-21(32-27(15)37)14-34(2)33-26)35-11-9-16(13-23(35)36)24-19(29)7-6-18(28)25(24)30/h6-8,10,12-15,22H,3-5,9,11H2,1-2H3,(H,32,37)/t15-,22+/m1/s1. The number of nitrogens with zero attached hydrogens (tertiary/aromatic N) is 4. The maximum absolute atomic E-state index is 14.6. The van der Waals surface area contributed by atoms with Gasteiger partial charge < -0.3 is 10.2 Å². The number of hydrogen-bond acceptors (Lipinski definition) is 4. The zero-order valence-electron chi connectivity index (χ0n) is 20.5. The summed E-state index contributed by atoms with van der Waals surface area (Å²) < 4.78 is 30.7. The van der Waals surface area contributed by atoms with Crippen LogP contribution in [0.15, 0.2) is 42.7 Å². The van der Waals surface area contributed by atoms with Crippen LogP contribution in [0.2, 0.25) is 5.02 Å². The molecule has 10 heteroatoms. The van der Waals surface area contributed by atoms with Crippen molar-refractivity contribution in [3.8, 4) is 11.3 Å². The second-order valence-corrected chi connectivity index (χ2v) is 9.95. The van der Waals surface area contributed by atoms with E-state index in [-0.39, 0.29) is 52.9 Å². The van der Waals surface area contributed by atoms with Crippen molar-refractivity contribution >= 4 is 34.7 Å². The minimum atomic E-state index is -0.868. The average Bonchev–Trinajstić information content (AvgIpc) is 3.24. The first-order valence-electron chi connectivity index (χ1n) is 12.2. The molecule has 2 aliphatic heterocycles. The van der Waals surface area contributed by atoms with Crippen LogP contribution in [0.5, 0.6) is 0 Å². The third-order valence-corrected chi connectivity index (χ3v) is 7.28. The van der Waals surface area contributed by atoms with Gasteiger partial charge in [0, 0.05) is 43.5 Å². The summed E-state index contributed by atoms with van der Waals surface area (Å²) >= 11 is 5.87. The Balaban J connectivity index is 1.52. The first-order chi connectivity index (χ1) is 17.7. The monoisotopic (exact) mass is 525 g/mol. The molecule has 2 bridgehead atoms. The first kappa shape index (κ1) is 25.1. The second kappa shape index (κ2) is 10.0. The van der Waals surface area contributed by atoms with Crippen LogP contribution in [0.4, 0.5) is 14.5 Å². The Labute approximate surface area is 218 Å². The fourth-order valence-electron chi connectivity index (χ4n) is 5.02. The number of amides is 2. The maximum Gasteiger partial charge on any atom is 0.247 e. The Morgan fingerprint density at radius 1 is 1.16 bits per heavy atom. The number of aromatic nitrogens is 3. The van der Waals surface area contributed by atoms with Gasteiger partial charge in [-0.3, -0.25) is 19.3 Å². The van der Waals surface area contributed by atoms with Gasteiger partial charge in [-0.2, -0.15) is 5.10 Å². The summed E-state index contributed by atoms with van der Waals surface area (Å²) in [5.41, 5.74) is 2.70. The van der Waals surface area contributed by atoms with Crippen molar-refractivity contribution in [3.05, 3.63) is 70.6 Å². The highest BCUT2D eigenvalue weighted by Crippen LogP contribution is 2.37. The summed E-state index contributed by atoms with van der Waals surface area (Å²) in [5, 5.41) is 7.33. The van der Waals surface area contributed by atoms with Crippen LogP contribution in [0.1, 0.15) is 49.9 Å². The molecule has 4 heterocycles. The predicted octanol–water partition coefficient (Wildman–Crippen LogP) is 5.53. The first-order valence-corrected chi connectivity index (χ1v) is 12.6. The third-order valence-electron chi connectivity index (χ3n) is 6.99. The quantitative estimate of drug-likeness (QED) is 0.446. The lowest BCUT2D eigenvalue weighted by molar-refractivity contribution is -0.129. The number of hydrogen-bond donors (Lipinski definition) is 1. The molecule has 2 aromatic heterocycles. The van der Waals surface area contributed by atoms with Crippen LogP contribution < -0.4 is 5.32 Å². The lowest BCUT2D eigenvalue weighted by atomic mass is 9.93. The lowest BCUT2D eigenvalue weighted by Gasteiger charge is -2.34. The Morgan fingerprint density at radius 2 is 1.97 bits per heavy atom. The molecule has 192 valence electrons. The minimum absolute atomic E-state index is 0.0900. The molecule has 0 spiro atoms. The number of nitrogens with one attached hydrogen (secondary N) is 1. The topological polar surface area (TPSA) is 80.1 Å². The van der Waals surface area contributed by atoms with Gasteiger partial charge in [-0.05, 0) is 49.1 Å². The van der Waals surface area contributed by atoms with E-state index >= 15 is 0 Å². The van der Waals surface area contributed by atoms with Crippen LogP contribution in [0.25, 0.3) is 16.8 Å². The fourth-order valence-corrected chi connectivity index (χ4v) is 5.18. The maximum atomic E-state index is 14.6. The van der Waals surface area contributed by atoms with Gasteiger partial charge in [0.2, 0.25) is 11.8 Å². The lowest BCUT2D eigenvalue weighted by Crippen LogP contribution is -2.38. The summed E-state index contributed by atoms with van der Waals surface area (Å²) in [6.07, 6.45) is 6.87. The molecule has 2 atom stereocenters. The highest BCUT2D eigenvalue weighted by molar-refractivity contribution is 6.31. The number of anilines is 1. The van der Waals surface area contributed by atoms with Gasteiger partial charge in [0.05, 0.1) is 28.0 Å². The van der Waals surface area contributed by atoms with Crippen molar-refractivity contribution in [2.75, 3.05) is 11.9 Å². The van der Waals surface area contributed by atoms with E-state index in [4.69, 9.17) is 11.6 Å². The summed E-state index contributed by atoms with van der Waals surface area (Å²) in [5.74, 6) is -2.31. The normalized spacial score (nSPS) is 20.5. The highest BCUT2D eigenvalue weighted by atomic mass is 35.5. The summed E-state index contributed by atoms with van der Waals surface area (Å²) in [7, 11) is 1.79. The molecule has 3 aromatic rings. The number of halogens is 3. The molecule has 0 saturated heterocycles. The Morgan fingerprint density at radius 3 is 2.76 bits per heavy atom. The molecule has 0 radical (unpaired) electrons. The molecule has 2 amide bonds. The number of carbonyl (C=O) groups is 2. The molecule has 0 unspecified atom stereocenters. The molecule has 0 aliphatic carbocycles. The van der Waals surface area contributed by atoms with Crippen LogP contribution >= 0.6 is 11.6 Å². The fraction of sp³-hybridized carbons (Fsp3) is 0.333. The van der Waals surface area contributed by atoms with Gasteiger partial charge >= 0.3 is 0 Å². The third kappa shape index (κ3) is 4.87. The Kier molecular flexibility index (Phi) is 6.81. The number of benzene rings is 1. The summed E-state index contributed by atoms with van der Waals surface area (Å²) in [6.45, 7) is 2.14. The van der Waals surface area contributed by atoms with Crippen molar-refractivity contribution in [3.63, 3.8) is 0 Å². The van der Waals surface area contributed by atoms with Gasteiger partial charge in [0.15, 0.2) is 5.82 Å².